The van der Waals surface area contributed by atoms with E-state index in [0.29, 0.717) is 18.3 Å². The molecule has 0 saturated heterocycles. The Labute approximate surface area is 138 Å². The zero-order valence-corrected chi connectivity index (χ0v) is 14.1. The van der Waals surface area contributed by atoms with E-state index >= 15 is 0 Å². The summed E-state index contributed by atoms with van der Waals surface area (Å²) in [6.07, 6.45) is 0. The van der Waals surface area contributed by atoms with Crippen molar-refractivity contribution in [2.45, 2.75) is 6.54 Å². The van der Waals surface area contributed by atoms with E-state index in [1.54, 1.807) is 14.2 Å². The molecule has 0 aliphatic carbocycles. The Kier molecular flexibility index (Phi) is 5.66. The smallest absolute Gasteiger partial charge is 0.193 e. The fraction of sp³-hybridized carbons (Fsp3) is 0.188. The minimum absolute atomic E-state index is 0.312. The molecule has 0 bridgehead atoms. The second-order valence-electron chi connectivity index (χ2n) is 4.48. The van der Waals surface area contributed by atoms with Gasteiger partial charge < -0.3 is 20.5 Å². The summed E-state index contributed by atoms with van der Waals surface area (Å²) in [6.45, 7) is 0.413. The molecule has 0 amide bonds. The van der Waals surface area contributed by atoms with E-state index < -0.39 is 0 Å². The predicted molar refractivity (Wildman–Crippen MR) is 92.6 cm³/mol. The topological polar surface area (TPSA) is 68.9 Å². The van der Waals surface area contributed by atoms with Crippen molar-refractivity contribution in [3.63, 3.8) is 0 Å². The Morgan fingerprint density at radius 3 is 2.59 bits per heavy atom. The van der Waals surface area contributed by atoms with Gasteiger partial charge in [-0.25, -0.2) is 4.99 Å². The van der Waals surface area contributed by atoms with Gasteiger partial charge >= 0.3 is 0 Å². The van der Waals surface area contributed by atoms with E-state index in [9.17, 15) is 0 Å². The van der Waals surface area contributed by atoms with Gasteiger partial charge in [-0.3, -0.25) is 0 Å². The van der Waals surface area contributed by atoms with Crippen LogP contribution in [0.4, 0.5) is 5.69 Å². The van der Waals surface area contributed by atoms with Crippen molar-refractivity contribution in [1.82, 2.24) is 0 Å². The van der Waals surface area contributed by atoms with Gasteiger partial charge in [-0.15, -0.1) is 0 Å². The third-order valence-corrected chi connectivity index (χ3v) is 3.53. The highest BCUT2D eigenvalue weighted by Gasteiger charge is 2.05. The number of hydrogen-bond donors (Lipinski definition) is 2. The summed E-state index contributed by atoms with van der Waals surface area (Å²) in [7, 11) is 3.24. The van der Waals surface area contributed by atoms with Crippen LogP contribution in [0.2, 0.25) is 0 Å². The second kappa shape index (κ2) is 7.70. The lowest BCUT2D eigenvalue weighted by Gasteiger charge is -2.11. The van der Waals surface area contributed by atoms with Gasteiger partial charge in [0.25, 0.3) is 0 Å². The Morgan fingerprint density at radius 1 is 1.14 bits per heavy atom. The van der Waals surface area contributed by atoms with Gasteiger partial charge in [0.05, 0.1) is 26.5 Å². The quantitative estimate of drug-likeness (QED) is 0.630. The first-order chi connectivity index (χ1) is 10.6. The maximum atomic E-state index is 5.94. The van der Waals surface area contributed by atoms with Crippen LogP contribution in [0, 0.1) is 0 Å². The van der Waals surface area contributed by atoms with Crippen LogP contribution in [0.5, 0.6) is 11.5 Å². The van der Waals surface area contributed by atoms with Gasteiger partial charge in [0.1, 0.15) is 11.5 Å². The fourth-order valence-corrected chi connectivity index (χ4v) is 2.37. The number of methoxy groups -OCH3 is 2. The number of aliphatic imine (C=N–C) groups is 1. The Balaban J connectivity index is 2.11. The lowest BCUT2D eigenvalue weighted by atomic mass is 10.2. The molecule has 116 valence electrons. The first-order valence-electron chi connectivity index (χ1n) is 6.66. The maximum Gasteiger partial charge on any atom is 0.193 e. The minimum Gasteiger partial charge on any atom is -0.496 e. The zero-order valence-electron chi connectivity index (χ0n) is 12.5. The highest BCUT2D eigenvalue weighted by Crippen LogP contribution is 2.24. The number of nitrogens with one attached hydrogen (secondary N) is 1. The van der Waals surface area contributed by atoms with Crippen LogP contribution in [0.3, 0.4) is 0 Å². The molecule has 5 nitrogen and oxygen atoms in total. The van der Waals surface area contributed by atoms with E-state index in [4.69, 9.17) is 15.2 Å². The van der Waals surface area contributed by atoms with Crippen LogP contribution in [-0.4, -0.2) is 20.2 Å². The average Bonchev–Trinajstić information content (AvgIpc) is 2.53. The van der Waals surface area contributed by atoms with Crippen molar-refractivity contribution >= 4 is 27.6 Å². The van der Waals surface area contributed by atoms with Gasteiger partial charge in [0, 0.05) is 10.0 Å². The lowest BCUT2D eigenvalue weighted by molar-refractivity contribution is 0.410. The molecule has 3 N–H and O–H groups in total. The lowest BCUT2D eigenvalue weighted by Crippen LogP contribution is -2.23. The van der Waals surface area contributed by atoms with Crippen LogP contribution >= 0.6 is 15.9 Å². The van der Waals surface area contributed by atoms with Crippen LogP contribution in [0.1, 0.15) is 5.56 Å². The molecule has 0 aliphatic heterocycles. The second-order valence-corrected chi connectivity index (χ2v) is 5.40. The maximum absolute atomic E-state index is 5.94. The molecule has 0 aliphatic rings. The van der Waals surface area contributed by atoms with E-state index in [1.165, 1.54) is 0 Å². The van der Waals surface area contributed by atoms with E-state index in [0.717, 1.165) is 21.5 Å². The monoisotopic (exact) mass is 363 g/mol. The summed E-state index contributed by atoms with van der Waals surface area (Å²) in [5.74, 6) is 1.80. The first-order valence-corrected chi connectivity index (χ1v) is 7.45. The molecule has 2 rings (SSSR count). The molecule has 0 heterocycles. The van der Waals surface area contributed by atoms with Crippen molar-refractivity contribution < 1.29 is 9.47 Å². The Hall–Kier alpha value is -2.21. The number of halogens is 1. The summed E-state index contributed by atoms with van der Waals surface area (Å²) in [6, 6.07) is 13.3. The Morgan fingerprint density at radius 2 is 1.86 bits per heavy atom. The number of anilines is 1. The van der Waals surface area contributed by atoms with E-state index in [-0.39, 0.29) is 0 Å². The summed E-state index contributed by atoms with van der Waals surface area (Å²) >= 11 is 3.44. The van der Waals surface area contributed by atoms with Crippen molar-refractivity contribution in [2.24, 2.45) is 10.7 Å². The highest BCUT2D eigenvalue weighted by molar-refractivity contribution is 9.10. The number of para-hydroxylation sites is 2. The van der Waals surface area contributed by atoms with Gasteiger partial charge in [-0.1, -0.05) is 28.1 Å². The van der Waals surface area contributed by atoms with Crippen molar-refractivity contribution in [1.29, 1.82) is 0 Å². The molecule has 22 heavy (non-hydrogen) atoms. The molecule has 2 aromatic rings. The summed E-state index contributed by atoms with van der Waals surface area (Å²) in [5, 5.41) is 3.03. The molecular formula is C16H18BrN3O2. The average molecular weight is 364 g/mol. The van der Waals surface area contributed by atoms with Crippen molar-refractivity contribution in [3.05, 3.63) is 52.5 Å². The molecule has 0 atom stereocenters. The first kappa shape index (κ1) is 16.2. The summed E-state index contributed by atoms with van der Waals surface area (Å²) < 4.78 is 11.5. The number of ether oxygens (including phenoxy) is 2. The molecule has 0 saturated carbocycles. The molecule has 0 spiro atoms. The summed E-state index contributed by atoms with van der Waals surface area (Å²) in [4.78, 5) is 4.34. The van der Waals surface area contributed by atoms with Gasteiger partial charge in [-0.05, 0) is 30.3 Å². The van der Waals surface area contributed by atoms with Crippen LogP contribution in [-0.2, 0) is 6.54 Å². The third-order valence-electron chi connectivity index (χ3n) is 3.03. The Bertz CT molecular complexity index is 674. The van der Waals surface area contributed by atoms with E-state index in [2.05, 4.69) is 26.2 Å². The number of guanidine groups is 1. The zero-order chi connectivity index (χ0) is 15.9. The number of rotatable bonds is 5. The molecule has 0 radical (unpaired) electrons. The van der Waals surface area contributed by atoms with Gasteiger partial charge in [0.15, 0.2) is 5.96 Å². The molecular weight excluding hydrogens is 346 g/mol. The normalized spacial score (nSPS) is 11.1. The molecule has 6 heteroatoms. The van der Waals surface area contributed by atoms with Gasteiger partial charge in [0.2, 0.25) is 0 Å². The largest absolute Gasteiger partial charge is 0.496 e. The number of hydrogen-bond acceptors (Lipinski definition) is 3. The van der Waals surface area contributed by atoms with Crippen molar-refractivity contribution in [3.8, 4) is 11.5 Å². The molecule has 0 unspecified atom stereocenters. The molecule has 0 fully saturated rings. The minimum atomic E-state index is 0.312. The third kappa shape index (κ3) is 4.14. The summed E-state index contributed by atoms with van der Waals surface area (Å²) in [5.41, 5.74) is 7.65. The number of nitrogens with two attached hydrogens (primary N) is 1. The van der Waals surface area contributed by atoms with E-state index in [1.807, 2.05) is 42.5 Å². The standard InChI is InChI=1S/C16H18BrN3O2/c1-21-14-8-7-12(17)9-11(14)10-19-16(18)20-13-5-3-4-6-15(13)22-2/h3-9H,10H2,1-2H3,(H3,18,19,20). The SMILES string of the molecule is COc1ccc(Br)cc1CN=C(N)Nc1ccccc1OC. The van der Waals surface area contributed by atoms with Crippen molar-refractivity contribution in [2.75, 3.05) is 19.5 Å². The van der Waals surface area contributed by atoms with Gasteiger partial charge in [-0.2, -0.15) is 0 Å². The van der Waals surface area contributed by atoms with Crippen LogP contribution < -0.4 is 20.5 Å². The fourth-order valence-electron chi connectivity index (χ4n) is 1.97. The predicted octanol–water partition coefficient (Wildman–Crippen LogP) is 3.39. The van der Waals surface area contributed by atoms with Crippen LogP contribution in [0.25, 0.3) is 0 Å². The number of nitrogens with zero attached hydrogens (tertiary/aromatic N) is 1. The number of benzene rings is 2. The molecule has 0 aromatic heterocycles. The highest BCUT2D eigenvalue weighted by atomic mass is 79.9. The van der Waals surface area contributed by atoms with Crippen LogP contribution in [0.15, 0.2) is 51.9 Å². The molecule has 2 aromatic carbocycles.